The van der Waals surface area contributed by atoms with Gasteiger partial charge in [0.25, 0.3) is 0 Å². The smallest absolute Gasteiger partial charge is 0.106 e. The van der Waals surface area contributed by atoms with E-state index in [1.807, 2.05) is 11.3 Å². The van der Waals surface area contributed by atoms with Crippen molar-refractivity contribution in [1.29, 1.82) is 0 Å². The normalized spacial score (nSPS) is 23.0. The first-order valence-corrected chi connectivity index (χ1v) is 7.58. The zero-order valence-electron chi connectivity index (χ0n) is 9.75. The molecule has 1 unspecified atom stereocenters. The number of aromatic nitrogens is 1. The molecular formula is C12H19NS2. The van der Waals surface area contributed by atoms with Crippen molar-refractivity contribution in [2.24, 2.45) is 0 Å². The van der Waals surface area contributed by atoms with E-state index in [0.717, 1.165) is 0 Å². The molecule has 0 amide bonds. The zero-order valence-corrected chi connectivity index (χ0v) is 11.4. The standard InChI is InChI=1S/C12H19NS2/c1-12(2,3)10-8-15-11(13-10)9-6-4-5-7-14-9/h8-9H,4-7H2,1-3H3. The summed E-state index contributed by atoms with van der Waals surface area (Å²) in [5, 5.41) is 4.27. The van der Waals surface area contributed by atoms with Gasteiger partial charge in [0.1, 0.15) is 5.01 Å². The van der Waals surface area contributed by atoms with Gasteiger partial charge in [-0.15, -0.1) is 11.3 Å². The lowest BCUT2D eigenvalue weighted by Gasteiger charge is -2.19. The van der Waals surface area contributed by atoms with Crippen LogP contribution in [0.25, 0.3) is 0 Å². The van der Waals surface area contributed by atoms with Gasteiger partial charge in [-0.3, -0.25) is 0 Å². The van der Waals surface area contributed by atoms with Crippen LogP contribution in [0.5, 0.6) is 0 Å². The Kier molecular flexibility index (Phi) is 3.41. The second-order valence-corrected chi connectivity index (χ2v) is 7.38. The number of thioether (sulfide) groups is 1. The van der Waals surface area contributed by atoms with Gasteiger partial charge in [-0.1, -0.05) is 27.2 Å². The van der Waals surface area contributed by atoms with Crippen LogP contribution < -0.4 is 0 Å². The fourth-order valence-electron chi connectivity index (χ4n) is 1.72. The van der Waals surface area contributed by atoms with Gasteiger partial charge in [0.05, 0.1) is 10.9 Å². The van der Waals surface area contributed by atoms with E-state index in [4.69, 9.17) is 4.98 Å². The third kappa shape index (κ3) is 2.76. The molecule has 0 aliphatic carbocycles. The average Bonchev–Trinajstić information content (AvgIpc) is 2.67. The maximum Gasteiger partial charge on any atom is 0.106 e. The highest BCUT2D eigenvalue weighted by Crippen LogP contribution is 2.40. The summed E-state index contributed by atoms with van der Waals surface area (Å²) in [6.45, 7) is 6.71. The zero-order chi connectivity index (χ0) is 10.9. The minimum atomic E-state index is 0.202. The van der Waals surface area contributed by atoms with Crippen LogP contribution in [0, 0.1) is 0 Å². The van der Waals surface area contributed by atoms with E-state index < -0.39 is 0 Å². The van der Waals surface area contributed by atoms with Crippen molar-refractivity contribution in [2.45, 2.75) is 50.7 Å². The molecule has 1 saturated heterocycles. The maximum absolute atomic E-state index is 4.80. The highest BCUT2D eigenvalue weighted by molar-refractivity contribution is 7.99. The van der Waals surface area contributed by atoms with Crippen LogP contribution in [-0.2, 0) is 5.41 Å². The molecule has 2 rings (SSSR count). The predicted molar refractivity (Wildman–Crippen MR) is 69.9 cm³/mol. The summed E-state index contributed by atoms with van der Waals surface area (Å²) in [5.41, 5.74) is 1.46. The minimum absolute atomic E-state index is 0.202. The third-order valence-corrected chi connectivity index (χ3v) is 5.24. The van der Waals surface area contributed by atoms with Crippen molar-refractivity contribution >= 4 is 23.1 Å². The molecule has 0 saturated carbocycles. The highest BCUT2D eigenvalue weighted by atomic mass is 32.2. The van der Waals surface area contributed by atoms with E-state index in [0.29, 0.717) is 5.25 Å². The summed E-state index contributed by atoms with van der Waals surface area (Å²) in [4.78, 5) is 4.80. The van der Waals surface area contributed by atoms with Gasteiger partial charge < -0.3 is 0 Å². The number of nitrogens with zero attached hydrogens (tertiary/aromatic N) is 1. The number of hydrogen-bond acceptors (Lipinski definition) is 3. The largest absolute Gasteiger partial charge is 0.245 e. The first-order chi connectivity index (χ1) is 7.07. The molecule has 15 heavy (non-hydrogen) atoms. The van der Waals surface area contributed by atoms with Crippen LogP contribution in [0.1, 0.15) is 56.0 Å². The Hall–Kier alpha value is -0.0200. The quantitative estimate of drug-likeness (QED) is 0.723. The van der Waals surface area contributed by atoms with Gasteiger partial charge in [-0.25, -0.2) is 4.98 Å². The number of thiazole rings is 1. The Bertz CT molecular complexity index is 319. The molecule has 1 aliphatic rings. The summed E-state index contributed by atoms with van der Waals surface area (Å²) < 4.78 is 0. The fourth-order valence-corrected chi connectivity index (χ4v) is 4.33. The second kappa shape index (κ2) is 4.46. The molecule has 1 atom stereocenters. The summed E-state index contributed by atoms with van der Waals surface area (Å²) >= 11 is 3.94. The maximum atomic E-state index is 4.80. The van der Waals surface area contributed by atoms with Gasteiger partial charge in [0.2, 0.25) is 0 Å². The minimum Gasteiger partial charge on any atom is -0.245 e. The van der Waals surface area contributed by atoms with Gasteiger partial charge >= 0.3 is 0 Å². The van der Waals surface area contributed by atoms with E-state index in [-0.39, 0.29) is 5.41 Å². The summed E-state index contributed by atoms with van der Waals surface area (Å²) in [5.74, 6) is 1.31. The van der Waals surface area contributed by atoms with E-state index >= 15 is 0 Å². The average molecular weight is 241 g/mol. The second-order valence-electron chi connectivity index (χ2n) is 5.18. The number of hydrogen-bond donors (Lipinski definition) is 0. The molecule has 2 heterocycles. The summed E-state index contributed by atoms with van der Waals surface area (Å²) in [6.07, 6.45) is 4.09. The van der Waals surface area contributed by atoms with Crippen LogP contribution in [0.3, 0.4) is 0 Å². The van der Waals surface area contributed by atoms with Crippen molar-refractivity contribution in [3.05, 3.63) is 16.1 Å². The van der Waals surface area contributed by atoms with Crippen LogP contribution in [0.15, 0.2) is 5.38 Å². The Morgan fingerprint density at radius 3 is 2.67 bits per heavy atom. The molecule has 84 valence electrons. The van der Waals surface area contributed by atoms with Crippen molar-refractivity contribution in [2.75, 3.05) is 5.75 Å². The molecule has 1 aliphatic heterocycles. The van der Waals surface area contributed by atoms with Crippen LogP contribution in [0.4, 0.5) is 0 Å². The van der Waals surface area contributed by atoms with Crippen LogP contribution in [-0.4, -0.2) is 10.7 Å². The molecule has 0 spiro atoms. The molecule has 0 N–H and O–H groups in total. The molecule has 0 aromatic carbocycles. The lowest BCUT2D eigenvalue weighted by molar-refractivity contribution is 0.568. The summed E-state index contributed by atoms with van der Waals surface area (Å²) in [6, 6.07) is 0. The Morgan fingerprint density at radius 2 is 2.13 bits per heavy atom. The Labute approximate surface area is 101 Å². The Balaban J connectivity index is 2.12. The van der Waals surface area contributed by atoms with Gasteiger partial charge in [-0.05, 0) is 18.6 Å². The first kappa shape index (κ1) is 11.5. The molecule has 0 bridgehead atoms. The number of rotatable bonds is 1. The van der Waals surface area contributed by atoms with E-state index in [2.05, 4.69) is 37.9 Å². The molecule has 1 fully saturated rings. The highest BCUT2D eigenvalue weighted by Gasteiger charge is 2.22. The third-order valence-electron chi connectivity index (χ3n) is 2.75. The lowest BCUT2D eigenvalue weighted by atomic mass is 9.93. The molecule has 0 radical (unpaired) electrons. The topological polar surface area (TPSA) is 12.9 Å². The van der Waals surface area contributed by atoms with Crippen LogP contribution >= 0.6 is 23.1 Å². The molecule has 1 aromatic rings. The van der Waals surface area contributed by atoms with Gasteiger partial charge in [0, 0.05) is 10.8 Å². The van der Waals surface area contributed by atoms with Gasteiger partial charge in [0.15, 0.2) is 0 Å². The molecule has 1 nitrogen and oxygen atoms in total. The van der Waals surface area contributed by atoms with Crippen molar-refractivity contribution in [3.63, 3.8) is 0 Å². The first-order valence-electron chi connectivity index (χ1n) is 5.65. The lowest BCUT2D eigenvalue weighted by Crippen LogP contribution is -2.12. The molecule has 1 aromatic heterocycles. The fraction of sp³-hybridized carbons (Fsp3) is 0.750. The van der Waals surface area contributed by atoms with Crippen molar-refractivity contribution < 1.29 is 0 Å². The van der Waals surface area contributed by atoms with Gasteiger partial charge in [-0.2, -0.15) is 11.8 Å². The SMILES string of the molecule is CC(C)(C)c1csc(C2CCCCS2)n1. The van der Waals surface area contributed by atoms with Crippen molar-refractivity contribution in [1.82, 2.24) is 4.98 Å². The molecular weight excluding hydrogens is 222 g/mol. The summed E-state index contributed by atoms with van der Waals surface area (Å²) in [7, 11) is 0. The van der Waals surface area contributed by atoms with Crippen molar-refractivity contribution in [3.8, 4) is 0 Å². The van der Waals surface area contributed by atoms with E-state index in [1.54, 1.807) is 0 Å². The van der Waals surface area contributed by atoms with Crippen LogP contribution in [0.2, 0.25) is 0 Å². The van der Waals surface area contributed by atoms with E-state index in [1.165, 1.54) is 35.7 Å². The monoisotopic (exact) mass is 241 g/mol. The molecule has 3 heteroatoms. The van der Waals surface area contributed by atoms with E-state index in [9.17, 15) is 0 Å². The Morgan fingerprint density at radius 1 is 1.33 bits per heavy atom. The predicted octanol–water partition coefficient (Wildman–Crippen LogP) is 4.40.